The number of hydrogen-bond acceptors (Lipinski definition) is 4. The summed E-state index contributed by atoms with van der Waals surface area (Å²) in [6.07, 6.45) is 7.26. The second-order valence-electron chi connectivity index (χ2n) is 9.47. The number of rotatable bonds is 15. The predicted octanol–water partition coefficient (Wildman–Crippen LogP) is 5.04. The van der Waals surface area contributed by atoms with Gasteiger partial charge in [-0.1, -0.05) is 13.5 Å². The molecule has 0 aliphatic heterocycles. The largest absolute Gasteiger partial charge is 0.379 e. The van der Waals surface area contributed by atoms with Crippen molar-refractivity contribution in [3.05, 3.63) is 12.7 Å². The Morgan fingerprint density at radius 2 is 1.68 bits per heavy atom. The highest BCUT2D eigenvalue weighted by atomic mass is 16.5. The molecule has 0 aliphatic rings. The molecule has 28 heavy (non-hydrogen) atoms. The molecule has 0 aromatic rings. The minimum absolute atomic E-state index is 0.00662. The molecular formula is C23H46N2O3. The molecule has 0 spiro atoms. The minimum Gasteiger partial charge on any atom is -0.379 e. The van der Waals surface area contributed by atoms with E-state index in [1.54, 1.807) is 0 Å². The molecule has 0 saturated carbocycles. The normalized spacial score (nSPS) is 14.8. The Kier molecular flexibility index (Phi) is 11.6. The number of carbonyl (C=O) groups is 1. The second-order valence-corrected chi connectivity index (χ2v) is 9.47. The van der Waals surface area contributed by atoms with Crippen LogP contribution in [0, 0.1) is 0 Å². The molecule has 0 aromatic heterocycles. The summed E-state index contributed by atoms with van der Waals surface area (Å²) in [6.45, 7) is 21.5. The highest BCUT2D eigenvalue weighted by molar-refractivity contribution is 5.88. The van der Waals surface area contributed by atoms with Crippen LogP contribution in [-0.2, 0) is 14.3 Å². The van der Waals surface area contributed by atoms with Gasteiger partial charge in [-0.25, -0.2) is 0 Å². The van der Waals surface area contributed by atoms with Gasteiger partial charge in [0.15, 0.2) is 0 Å². The first-order valence-corrected chi connectivity index (χ1v) is 10.8. The first kappa shape index (κ1) is 27.1. The van der Waals surface area contributed by atoms with E-state index in [0.29, 0.717) is 6.61 Å². The fourth-order valence-corrected chi connectivity index (χ4v) is 3.71. The number of hydrogen-bond donors (Lipinski definition) is 1. The molecular weight excluding hydrogens is 352 g/mol. The van der Waals surface area contributed by atoms with E-state index in [4.69, 9.17) is 15.2 Å². The van der Waals surface area contributed by atoms with Gasteiger partial charge in [-0.15, -0.1) is 0 Å². The third kappa shape index (κ3) is 10.0. The topological polar surface area (TPSA) is 64.8 Å². The van der Waals surface area contributed by atoms with Crippen LogP contribution < -0.4 is 5.73 Å². The minimum atomic E-state index is -0.628. The number of carbonyl (C=O) groups excluding carboxylic acids is 1. The Balaban J connectivity index is 5.09. The van der Waals surface area contributed by atoms with E-state index in [9.17, 15) is 4.79 Å². The summed E-state index contributed by atoms with van der Waals surface area (Å²) in [7, 11) is 0. The van der Waals surface area contributed by atoms with Gasteiger partial charge in [-0.2, -0.15) is 0 Å². The molecule has 0 saturated heterocycles. The van der Waals surface area contributed by atoms with Gasteiger partial charge >= 0.3 is 0 Å². The molecule has 1 atom stereocenters. The number of nitrogens with two attached hydrogens (primary N) is 1. The van der Waals surface area contributed by atoms with Gasteiger partial charge in [-0.3, -0.25) is 4.79 Å². The van der Waals surface area contributed by atoms with Crippen LogP contribution in [-0.4, -0.2) is 46.9 Å². The van der Waals surface area contributed by atoms with Crippen LogP contribution in [0.5, 0.6) is 0 Å². The monoisotopic (exact) mass is 398 g/mol. The zero-order chi connectivity index (χ0) is 22.0. The molecule has 5 nitrogen and oxygen atoms in total. The number of unbranched alkanes of at least 4 members (excludes halogenated alkanes) is 1. The first-order chi connectivity index (χ1) is 12.8. The summed E-state index contributed by atoms with van der Waals surface area (Å²) in [6, 6.07) is 0. The van der Waals surface area contributed by atoms with Crippen LogP contribution >= 0.6 is 0 Å². The molecule has 0 radical (unpaired) electrons. The van der Waals surface area contributed by atoms with Crippen LogP contribution in [0.1, 0.15) is 93.9 Å². The number of amides is 1. The van der Waals surface area contributed by atoms with Crippen molar-refractivity contribution in [3.8, 4) is 0 Å². The molecule has 166 valence electrons. The van der Waals surface area contributed by atoms with Crippen molar-refractivity contribution < 1.29 is 14.3 Å². The van der Waals surface area contributed by atoms with Crippen molar-refractivity contribution in [3.63, 3.8) is 0 Å². The van der Waals surface area contributed by atoms with Gasteiger partial charge in [0.25, 0.3) is 0 Å². The zero-order valence-electron chi connectivity index (χ0n) is 19.8. The van der Waals surface area contributed by atoms with Crippen LogP contribution in [0.15, 0.2) is 12.7 Å². The first-order valence-electron chi connectivity index (χ1n) is 10.8. The predicted molar refractivity (Wildman–Crippen MR) is 118 cm³/mol. The highest BCUT2D eigenvalue weighted by Crippen LogP contribution is 2.35. The van der Waals surface area contributed by atoms with Crippen LogP contribution in [0.4, 0.5) is 0 Å². The molecule has 0 aliphatic carbocycles. The summed E-state index contributed by atoms with van der Waals surface area (Å²) in [5, 5.41) is 0. The lowest BCUT2D eigenvalue weighted by atomic mass is 9.83. The molecule has 1 amide bonds. The molecule has 5 heteroatoms. The molecule has 0 aromatic carbocycles. The van der Waals surface area contributed by atoms with Gasteiger partial charge in [0, 0.05) is 24.3 Å². The van der Waals surface area contributed by atoms with E-state index in [2.05, 4.69) is 48.1 Å². The average Bonchev–Trinajstić information content (AvgIpc) is 2.57. The molecule has 1 unspecified atom stereocenters. The molecule has 0 bridgehead atoms. The maximum Gasteiger partial charge on any atom is 0.246 e. The van der Waals surface area contributed by atoms with E-state index < -0.39 is 5.72 Å². The van der Waals surface area contributed by atoms with E-state index >= 15 is 0 Å². The number of ether oxygens (including phenoxy) is 2. The lowest BCUT2D eigenvalue weighted by Gasteiger charge is -2.50. The Bertz CT molecular complexity index is 469. The zero-order valence-corrected chi connectivity index (χ0v) is 19.8. The molecule has 2 N–H and O–H groups in total. The fraction of sp³-hybridized carbons (Fsp3) is 0.870. The SMILES string of the molecule is C=CC(=O)N(C(C)(C)CCCOC(C)(C)N)C(C)(CC)CCCCOC(C)C. The second kappa shape index (κ2) is 11.9. The van der Waals surface area contributed by atoms with Crippen LogP contribution in [0.2, 0.25) is 0 Å². The molecule has 0 fully saturated rings. The summed E-state index contributed by atoms with van der Waals surface area (Å²) in [5.74, 6) is -0.00662. The summed E-state index contributed by atoms with van der Waals surface area (Å²) in [4.78, 5) is 14.9. The average molecular weight is 399 g/mol. The van der Waals surface area contributed by atoms with Gasteiger partial charge in [0.1, 0.15) is 5.72 Å². The van der Waals surface area contributed by atoms with Crippen molar-refractivity contribution in [1.82, 2.24) is 4.90 Å². The van der Waals surface area contributed by atoms with Crippen molar-refractivity contribution in [2.45, 2.75) is 117 Å². The molecule has 0 heterocycles. The smallest absolute Gasteiger partial charge is 0.246 e. The number of nitrogens with zero attached hydrogens (tertiary/aromatic N) is 1. The van der Waals surface area contributed by atoms with E-state index in [-0.39, 0.29) is 23.1 Å². The maximum atomic E-state index is 12.9. The van der Waals surface area contributed by atoms with Gasteiger partial charge in [0.05, 0.1) is 6.10 Å². The van der Waals surface area contributed by atoms with Gasteiger partial charge in [-0.05, 0) is 93.1 Å². The Hall–Kier alpha value is -0.910. The van der Waals surface area contributed by atoms with Crippen LogP contribution in [0.3, 0.4) is 0 Å². The lowest BCUT2D eigenvalue weighted by molar-refractivity contribution is -0.141. The summed E-state index contributed by atoms with van der Waals surface area (Å²) < 4.78 is 11.3. The lowest BCUT2D eigenvalue weighted by Crippen LogP contribution is -2.59. The standard InChI is InChI=1S/C23H46N2O3/c1-10-20(26)25(21(5,6)15-14-18-28-22(7,8)24)23(9,11-2)16-12-13-17-27-19(3)4/h10,19H,1,11-18,24H2,2-9H3. The Labute approximate surface area is 174 Å². The van der Waals surface area contributed by atoms with E-state index in [1.165, 1.54) is 6.08 Å². The van der Waals surface area contributed by atoms with Crippen molar-refractivity contribution in [1.29, 1.82) is 0 Å². The van der Waals surface area contributed by atoms with Gasteiger partial charge in [0.2, 0.25) is 5.91 Å². The highest BCUT2D eigenvalue weighted by Gasteiger charge is 2.41. The van der Waals surface area contributed by atoms with E-state index in [0.717, 1.165) is 45.1 Å². The summed E-state index contributed by atoms with van der Waals surface area (Å²) >= 11 is 0. The Morgan fingerprint density at radius 3 is 2.14 bits per heavy atom. The third-order valence-corrected chi connectivity index (χ3v) is 5.27. The third-order valence-electron chi connectivity index (χ3n) is 5.27. The molecule has 0 rings (SSSR count). The van der Waals surface area contributed by atoms with Crippen molar-refractivity contribution in [2.24, 2.45) is 5.73 Å². The van der Waals surface area contributed by atoms with Crippen molar-refractivity contribution in [2.75, 3.05) is 13.2 Å². The van der Waals surface area contributed by atoms with Crippen molar-refractivity contribution >= 4 is 5.91 Å². The summed E-state index contributed by atoms with van der Waals surface area (Å²) in [5.41, 5.74) is 4.74. The quantitative estimate of drug-likeness (QED) is 0.238. The maximum absolute atomic E-state index is 12.9. The van der Waals surface area contributed by atoms with Crippen LogP contribution in [0.25, 0.3) is 0 Å². The fourth-order valence-electron chi connectivity index (χ4n) is 3.71. The van der Waals surface area contributed by atoms with Gasteiger partial charge < -0.3 is 20.1 Å². The Morgan fingerprint density at radius 1 is 1.07 bits per heavy atom. The van der Waals surface area contributed by atoms with E-state index in [1.807, 2.05) is 18.7 Å².